The summed E-state index contributed by atoms with van der Waals surface area (Å²) in [5.74, 6) is 0.953. The van der Waals surface area contributed by atoms with E-state index in [9.17, 15) is 0 Å². The first-order chi connectivity index (χ1) is 8.36. The lowest BCUT2D eigenvalue weighted by Crippen LogP contribution is -1.98. The maximum Gasteiger partial charge on any atom is 0.119 e. The lowest BCUT2D eigenvalue weighted by Gasteiger charge is -2.06. The summed E-state index contributed by atoms with van der Waals surface area (Å²) < 4.78 is 5.63. The maximum atomic E-state index is 8.64. The Hall–Kier alpha value is -1.02. The topological polar surface area (TPSA) is 29.5 Å². The van der Waals surface area contributed by atoms with Gasteiger partial charge in [-0.25, -0.2) is 0 Å². The first-order valence-electron chi connectivity index (χ1n) is 6.69. The Kier molecular flexibility index (Phi) is 7.48. The molecule has 0 spiro atoms. The fraction of sp³-hybridized carbons (Fsp3) is 0.600. The zero-order valence-electron chi connectivity index (χ0n) is 10.8. The van der Waals surface area contributed by atoms with Crippen molar-refractivity contribution in [1.29, 1.82) is 0 Å². The van der Waals surface area contributed by atoms with E-state index in [4.69, 9.17) is 9.84 Å². The van der Waals surface area contributed by atoms with E-state index in [-0.39, 0.29) is 6.61 Å². The SMILES string of the molecule is CCCCc1ccc(OCCCCCO)cc1. The molecule has 0 aromatic heterocycles. The maximum absolute atomic E-state index is 8.64. The molecule has 0 fully saturated rings. The largest absolute Gasteiger partial charge is 0.494 e. The molecule has 1 rings (SSSR count). The molecule has 0 aliphatic rings. The third-order valence-corrected chi connectivity index (χ3v) is 2.81. The van der Waals surface area contributed by atoms with Crippen LogP contribution in [0, 0.1) is 0 Å². The number of aliphatic hydroxyl groups is 1. The van der Waals surface area contributed by atoms with Crippen molar-refractivity contribution in [3.63, 3.8) is 0 Å². The third-order valence-electron chi connectivity index (χ3n) is 2.81. The summed E-state index contributed by atoms with van der Waals surface area (Å²) in [5, 5.41) is 8.64. The van der Waals surface area contributed by atoms with Crippen molar-refractivity contribution in [3.05, 3.63) is 29.8 Å². The van der Waals surface area contributed by atoms with Crippen LogP contribution in [0.25, 0.3) is 0 Å². The Morgan fingerprint density at radius 1 is 1.00 bits per heavy atom. The number of benzene rings is 1. The number of rotatable bonds is 9. The highest BCUT2D eigenvalue weighted by molar-refractivity contribution is 5.27. The highest BCUT2D eigenvalue weighted by atomic mass is 16.5. The molecule has 0 bridgehead atoms. The van der Waals surface area contributed by atoms with Crippen LogP contribution in [-0.4, -0.2) is 18.3 Å². The molecule has 1 aromatic rings. The number of aryl methyl sites for hydroxylation is 1. The molecule has 2 nitrogen and oxygen atoms in total. The highest BCUT2D eigenvalue weighted by Crippen LogP contribution is 2.14. The normalized spacial score (nSPS) is 10.5. The van der Waals surface area contributed by atoms with Crippen LogP contribution >= 0.6 is 0 Å². The summed E-state index contributed by atoms with van der Waals surface area (Å²) in [6.07, 6.45) is 6.57. The van der Waals surface area contributed by atoms with E-state index >= 15 is 0 Å². The van der Waals surface area contributed by atoms with Crippen LogP contribution in [0.1, 0.15) is 44.6 Å². The quantitative estimate of drug-likeness (QED) is 0.664. The number of hydrogen-bond donors (Lipinski definition) is 1. The minimum absolute atomic E-state index is 0.284. The van der Waals surface area contributed by atoms with Gasteiger partial charge in [0.15, 0.2) is 0 Å². The van der Waals surface area contributed by atoms with Crippen molar-refractivity contribution in [2.24, 2.45) is 0 Å². The van der Waals surface area contributed by atoms with Crippen LogP contribution in [0.4, 0.5) is 0 Å². The van der Waals surface area contributed by atoms with E-state index in [1.54, 1.807) is 0 Å². The fourth-order valence-electron chi connectivity index (χ4n) is 1.71. The van der Waals surface area contributed by atoms with E-state index in [1.165, 1.54) is 18.4 Å². The highest BCUT2D eigenvalue weighted by Gasteiger charge is 1.96. The Labute approximate surface area is 105 Å². The van der Waals surface area contributed by atoms with Crippen LogP contribution in [0.3, 0.4) is 0 Å². The molecule has 0 aliphatic carbocycles. The van der Waals surface area contributed by atoms with Crippen molar-refractivity contribution >= 4 is 0 Å². The van der Waals surface area contributed by atoms with Gasteiger partial charge < -0.3 is 9.84 Å². The lowest BCUT2D eigenvalue weighted by atomic mass is 10.1. The Balaban J connectivity index is 2.20. The van der Waals surface area contributed by atoms with E-state index in [0.29, 0.717) is 0 Å². The molecule has 1 aromatic carbocycles. The Morgan fingerprint density at radius 3 is 2.41 bits per heavy atom. The number of hydrogen-bond acceptors (Lipinski definition) is 2. The lowest BCUT2D eigenvalue weighted by molar-refractivity contribution is 0.266. The first kappa shape index (κ1) is 14.0. The summed E-state index contributed by atoms with van der Waals surface area (Å²) in [7, 11) is 0. The molecule has 0 unspecified atom stereocenters. The molecule has 0 atom stereocenters. The summed E-state index contributed by atoms with van der Waals surface area (Å²) in [6, 6.07) is 8.41. The minimum atomic E-state index is 0.284. The monoisotopic (exact) mass is 236 g/mol. The van der Waals surface area contributed by atoms with E-state index in [0.717, 1.165) is 38.0 Å². The molecule has 0 heterocycles. The van der Waals surface area contributed by atoms with Crippen LogP contribution in [0.2, 0.25) is 0 Å². The molecular formula is C15H24O2. The minimum Gasteiger partial charge on any atom is -0.494 e. The van der Waals surface area contributed by atoms with Crippen LogP contribution in [-0.2, 0) is 6.42 Å². The van der Waals surface area contributed by atoms with Gasteiger partial charge in [0.2, 0.25) is 0 Å². The molecule has 0 saturated heterocycles. The first-order valence-corrected chi connectivity index (χ1v) is 6.69. The van der Waals surface area contributed by atoms with Crippen molar-refractivity contribution in [2.75, 3.05) is 13.2 Å². The van der Waals surface area contributed by atoms with Crippen molar-refractivity contribution in [3.8, 4) is 5.75 Å². The van der Waals surface area contributed by atoms with Crippen LogP contribution in [0.5, 0.6) is 5.75 Å². The average Bonchev–Trinajstić information content (AvgIpc) is 2.37. The predicted octanol–water partition coefficient (Wildman–Crippen LogP) is 3.57. The van der Waals surface area contributed by atoms with Gasteiger partial charge in [-0.3, -0.25) is 0 Å². The van der Waals surface area contributed by atoms with E-state index < -0.39 is 0 Å². The molecule has 0 radical (unpaired) electrons. The van der Waals surface area contributed by atoms with Crippen molar-refractivity contribution < 1.29 is 9.84 Å². The van der Waals surface area contributed by atoms with Gasteiger partial charge in [-0.2, -0.15) is 0 Å². The van der Waals surface area contributed by atoms with Crippen LogP contribution in [0.15, 0.2) is 24.3 Å². The second kappa shape index (κ2) is 9.06. The zero-order chi connectivity index (χ0) is 12.3. The Morgan fingerprint density at radius 2 is 1.76 bits per heavy atom. The standard InChI is InChI=1S/C15H24O2/c1-2-3-7-14-8-10-15(11-9-14)17-13-6-4-5-12-16/h8-11,16H,2-7,12-13H2,1H3. The number of ether oxygens (including phenoxy) is 1. The van der Waals surface area contributed by atoms with Gasteiger partial charge in [0.1, 0.15) is 5.75 Å². The summed E-state index contributed by atoms with van der Waals surface area (Å²) in [4.78, 5) is 0. The van der Waals surface area contributed by atoms with Crippen molar-refractivity contribution in [2.45, 2.75) is 45.4 Å². The third kappa shape index (κ3) is 6.32. The van der Waals surface area contributed by atoms with Gasteiger partial charge in [0.25, 0.3) is 0 Å². The van der Waals surface area contributed by atoms with E-state index in [1.807, 2.05) is 0 Å². The van der Waals surface area contributed by atoms with E-state index in [2.05, 4.69) is 31.2 Å². The zero-order valence-corrected chi connectivity index (χ0v) is 10.8. The van der Waals surface area contributed by atoms with Gasteiger partial charge in [-0.1, -0.05) is 25.5 Å². The average molecular weight is 236 g/mol. The summed E-state index contributed by atoms with van der Waals surface area (Å²) in [6.45, 7) is 3.24. The van der Waals surface area contributed by atoms with Gasteiger partial charge in [0.05, 0.1) is 6.61 Å². The molecule has 1 N–H and O–H groups in total. The summed E-state index contributed by atoms with van der Waals surface area (Å²) >= 11 is 0. The van der Waals surface area contributed by atoms with Gasteiger partial charge in [0, 0.05) is 6.61 Å². The second-order valence-corrected chi connectivity index (χ2v) is 4.38. The van der Waals surface area contributed by atoms with Gasteiger partial charge in [-0.15, -0.1) is 0 Å². The smallest absolute Gasteiger partial charge is 0.119 e. The molecule has 0 saturated carbocycles. The number of unbranched alkanes of at least 4 members (excludes halogenated alkanes) is 3. The molecular weight excluding hydrogens is 212 g/mol. The van der Waals surface area contributed by atoms with Crippen molar-refractivity contribution in [1.82, 2.24) is 0 Å². The summed E-state index contributed by atoms with van der Waals surface area (Å²) in [5.41, 5.74) is 1.39. The molecule has 0 amide bonds. The van der Waals surface area contributed by atoms with Gasteiger partial charge in [-0.05, 0) is 49.8 Å². The van der Waals surface area contributed by atoms with Gasteiger partial charge >= 0.3 is 0 Å². The molecule has 0 aliphatic heterocycles. The molecule has 17 heavy (non-hydrogen) atoms. The number of aliphatic hydroxyl groups excluding tert-OH is 1. The second-order valence-electron chi connectivity index (χ2n) is 4.38. The molecule has 96 valence electrons. The fourth-order valence-corrected chi connectivity index (χ4v) is 1.71. The predicted molar refractivity (Wildman–Crippen MR) is 71.5 cm³/mol. The van der Waals surface area contributed by atoms with Crippen LogP contribution < -0.4 is 4.74 Å². The molecule has 2 heteroatoms. The Bertz CT molecular complexity index is 279.